The van der Waals surface area contributed by atoms with Gasteiger partial charge in [-0.3, -0.25) is 14.9 Å². The van der Waals surface area contributed by atoms with Gasteiger partial charge in [0.25, 0.3) is 0 Å². The molecular weight excluding hydrogens is 430 g/mol. The molecule has 2 heterocycles. The van der Waals surface area contributed by atoms with Crippen LogP contribution in [0.5, 0.6) is 0 Å². The lowest BCUT2D eigenvalue weighted by Gasteiger charge is -2.50. The van der Waals surface area contributed by atoms with Crippen molar-refractivity contribution in [2.24, 2.45) is 35.5 Å². The molecular formula is C26H41N5O3. The SMILES string of the molecule is CC1CC2C(CN1)CC(C1CC(NC(=O)NC(=O)C3CCC(C#N)CC3)CCC1C)C(=O)N2C. The van der Waals surface area contributed by atoms with Crippen LogP contribution < -0.4 is 16.0 Å². The lowest BCUT2D eigenvalue weighted by atomic mass is 9.65. The van der Waals surface area contributed by atoms with Crippen molar-refractivity contribution in [2.75, 3.05) is 13.6 Å². The average Bonchev–Trinajstić information content (AvgIpc) is 2.83. The Balaban J connectivity index is 1.31. The largest absolute Gasteiger partial charge is 0.342 e. The normalized spacial score (nSPS) is 40.6. The van der Waals surface area contributed by atoms with Crippen LogP contribution >= 0.6 is 0 Å². The fraction of sp³-hybridized carbons (Fsp3) is 0.846. The third kappa shape index (κ3) is 5.40. The van der Waals surface area contributed by atoms with E-state index in [1.54, 1.807) is 0 Å². The van der Waals surface area contributed by atoms with Gasteiger partial charge in [-0.2, -0.15) is 5.26 Å². The molecule has 2 aliphatic heterocycles. The number of carbonyl (C=O) groups excluding carboxylic acids is 3. The summed E-state index contributed by atoms with van der Waals surface area (Å²) in [6.07, 6.45) is 7.31. The molecule has 188 valence electrons. The summed E-state index contributed by atoms with van der Waals surface area (Å²) >= 11 is 0. The number of likely N-dealkylation sites (tertiary alicyclic amines) is 1. The number of rotatable bonds is 3. The van der Waals surface area contributed by atoms with Crippen molar-refractivity contribution in [1.82, 2.24) is 20.9 Å². The minimum absolute atomic E-state index is 0.000989. The summed E-state index contributed by atoms with van der Waals surface area (Å²) in [5.74, 6) is 1.04. The number of nitrogens with one attached hydrogen (secondary N) is 3. The minimum Gasteiger partial charge on any atom is -0.342 e. The molecule has 34 heavy (non-hydrogen) atoms. The van der Waals surface area contributed by atoms with Crippen LogP contribution in [0.15, 0.2) is 0 Å². The number of fused-ring (bicyclic) bond motifs is 1. The van der Waals surface area contributed by atoms with Gasteiger partial charge in [-0.25, -0.2) is 4.79 Å². The van der Waals surface area contributed by atoms with Gasteiger partial charge in [-0.1, -0.05) is 6.92 Å². The molecule has 4 amide bonds. The topological polar surface area (TPSA) is 114 Å². The molecule has 7 unspecified atom stereocenters. The van der Waals surface area contributed by atoms with Gasteiger partial charge in [0.2, 0.25) is 11.8 Å². The summed E-state index contributed by atoms with van der Waals surface area (Å²) in [6, 6.07) is 2.59. The van der Waals surface area contributed by atoms with E-state index in [9.17, 15) is 14.4 Å². The molecule has 2 aliphatic carbocycles. The minimum atomic E-state index is -0.427. The van der Waals surface area contributed by atoms with Crippen molar-refractivity contribution in [3.63, 3.8) is 0 Å². The highest BCUT2D eigenvalue weighted by atomic mass is 16.2. The molecule has 4 fully saturated rings. The van der Waals surface area contributed by atoms with Gasteiger partial charge in [0.15, 0.2) is 0 Å². The van der Waals surface area contributed by atoms with Gasteiger partial charge in [-0.05, 0) is 82.5 Å². The van der Waals surface area contributed by atoms with Crippen molar-refractivity contribution in [3.05, 3.63) is 0 Å². The molecule has 4 rings (SSSR count). The molecule has 2 saturated carbocycles. The van der Waals surface area contributed by atoms with Crippen molar-refractivity contribution in [2.45, 2.75) is 89.8 Å². The van der Waals surface area contributed by atoms with Crippen molar-refractivity contribution >= 4 is 17.8 Å². The maximum Gasteiger partial charge on any atom is 0.321 e. The van der Waals surface area contributed by atoms with Gasteiger partial charge in [-0.15, -0.1) is 0 Å². The van der Waals surface area contributed by atoms with Crippen LogP contribution in [0.1, 0.15) is 71.6 Å². The fourth-order valence-electron chi connectivity index (χ4n) is 7.02. The highest BCUT2D eigenvalue weighted by molar-refractivity contribution is 5.95. The second-order valence-corrected chi connectivity index (χ2v) is 11.5. The number of amides is 4. The predicted molar refractivity (Wildman–Crippen MR) is 128 cm³/mol. The smallest absolute Gasteiger partial charge is 0.321 e. The van der Waals surface area contributed by atoms with E-state index in [-0.39, 0.29) is 41.5 Å². The number of urea groups is 1. The van der Waals surface area contributed by atoms with Crippen LogP contribution in [0.3, 0.4) is 0 Å². The maximum atomic E-state index is 13.4. The van der Waals surface area contributed by atoms with Crippen LogP contribution in [0, 0.1) is 46.8 Å². The first kappa shape index (κ1) is 25.0. The zero-order valence-electron chi connectivity index (χ0n) is 20.9. The summed E-state index contributed by atoms with van der Waals surface area (Å²) in [5, 5.41) is 18.2. The van der Waals surface area contributed by atoms with Gasteiger partial charge < -0.3 is 15.5 Å². The van der Waals surface area contributed by atoms with Gasteiger partial charge in [0, 0.05) is 49.5 Å². The van der Waals surface area contributed by atoms with Gasteiger partial charge in [0.1, 0.15) is 0 Å². The Morgan fingerprint density at radius 2 is 1.79 bits per heavy atom. The molecule has 2 saturated heterocycles. The van der Waals surface area contributed by atoms with E-state index in [2.05, 4.69) is 35.9 Å². The quantitative estimate of drug-likeness (QED) is 0.586. The van der Waals surface area contributed by atoms with E-state index < -0.39 is 6.03 Å². The first-order valence-electron chi connectivity index (χ1n) is 13.3. The highest BCUT2D eigenvalue weighted by Gasteiger charge is 2.47. The molecule has 0 aromatic carbocycles. The van der Waals surface area contributed by atoms with Gasteiger partial charge >= 0.3 is 6.03 Å². The van der Waals surface area contributed by atoms with E-state index in [0.717, 1.165) is 51.5 Å². The Bertz CT molecular complexity index is 818. The number of nitrogens with zero attached hydrogens (tertiary/aromatic N) is 2. The van der Waals surface area contributed by atoms with E-state index in [0.29, 0.717) is 36.8 Å². The molecule has 0 aromatic rings. The molecule has 0 radical (unpaired) electrons. The second-order valence-electron chi connectivity index (χ2n) is 11.5. The van der Waals surface area contributed by atoms with Crippen LogP contribution in [0.2, 0.25) is 0 Å². The van der Waals surface area contributed by atoms with Crippen LogP contribution in [-0.4, -0.2) is 54.5 Å². The molecule has 4 aliphatic rings. The van der Waals surface area contributed by atoms with Crippen LogP contribution in [-0.2, 0) is 9.59 Å². The Kier molecular flexibility index (Phi) is 7.81. The van der Waals surface area contributed by atoms with E-state index in [1.807, 2.05) is 11.9 Å². The molecule has 0 spiro atoms. The first-order chi connectivity index (χ1) is 16.3. The molecule has 8 heteroatoms. The Hall–Kier alpha value is -2.14. The summed E-state index contributed by atoms with van der Waals surface area (Å²) in [7, 11) is 1.97. The zero-order valence-corrected chi connectivity index (χ0v) is 20.9. The monoisotopic (exact) mass is 471 g/mol. The molecule has 0 bridgehead atoms. The lowest BCUT2D eigenvalue weighted by Crippen LogP contribution is -2.60. The number of imide groups is 1. The van der Waals surface area contributed by atoms with Crippen LogP contribution in [0.4, 0.5) is 4.79 Å². The first-order valence-corrected chi connectivity index (χ1v) is 13.3. The fourth-order valence-corrected chi connectivity index (χ4v) is 7.02. The second kappa shape index (κ2) is 10.6. The van der Waals surface area contributed by atoms with Crippen molar-refractivity contribution < 1.29 is 14.4 Å². The summed E-state index contributed by atoms with van der Waals surface area (Å²) in [4.78, 5) is 40.5. The van der Waals surface area contributed by atoms with E-state index in [4.69, 9.17) is 5.26 Å². The Morgan fingerprint density at radius 3 is 2.50 bits per heavy atom. The van der Waals surface area contributed by atoms with Crippen LogP contribution in [0.25, 0.3) is 0 Å². The number of carbonyl (C=O) groups is 3. The number of piperidine rings is 2. The van der Waals surface area contributed by atoms with Gasteiger partial charge in [0.05, 0.1) is 6.07 Å². The molecule has 7 atom stereocenters. The lowest BCUT2D eigenvalue weighted by molar-refractivity contribution is -0.148. The predicted octanol–water partition coefficient (Wildman–Crippen LogP) is 2.79. The van der Waals surface area contributed by atoms with Crippen molar-refractivity contribution in [1.29, 1.82) is 5.26 Å². The number of hydrogen-bond donors (Lipinski definition) is 3. The maximum absolute atomic E-state index is 13.4. The van der Waals surface area contributed by atoms with Crippen molar-refractivity contribution in [3.8, 4) is 6.07 Å². The molecule has 3 N–H and O–H groups in total. The average molecular weight is 472 g/mol. The molecule has 0 aromatic heterocycles. The van der Waals surface area contributed by atoms with E-state index in [1.165, 1.54) is 0 Å². The third-order valence-electron chi connectivity index (χ3n) is 9.21. The summed E-state index contributed by atoms with van der Waals surface area (Å²) in [5.41, 5.74) is 0. The molecule has 8 nitrogen and oxygen atoms in total. The highest BCUT2D eigenvalue weighted by Crippen LogP contribution is 2.43. The zero-order chi connectivity index (χ0) is 24.4. The Morgan fingerprint density at radius 1 is 1.06 bits per heavy atom. The number of hydrogen-bond acceptors (Lipinski definition) is 5. The van der Waals surface area contributed by atoms with E-state index >= 15 is 0 Å². The standard InChI is InChI=1S/C26H41N5O3/c1-15-4-9-20(29-26(34)30-24(32)18-7-5-17(13-27)6-8-18)12-21(15)22-11-19-14-28-16(2)10-23(19)31(3)25(22)33/h15-23,28H,4-12,14H2,1-3H3,(H2,29,30,32,34). The summed E-state index contributed by atoms with van der Waals surface area (Å²) < 4.78 is 0. The Labute approximate surface area is 203 Å². The summed E-state index contributed by atoms with van der Waals surface area (Å²) in [6.45, 7) is 5.39. The third-order valence-corrected chi connectivity index (χ3v) is 9.21. The number of nitriles is 1.